The van der Waals surface area contributed by atoms with Crippen LogP contribution in [0.25, 0.3) is 0 Å². The van der Waals surface area contributed by atoms with Gasteiger partial charge in [-0.25, -0.2) is 0 Å². The first kappa shape index (κ1) is 16.6. The number of benzene rings is 2. The lowest BCUT2D eigenvalue weighted by atomic mass is 10.1. The lowest BCUT2D eigenvalue weighted by molar-refractivity contribution is -0.141. The summed E-state index contributed by atoms with van der Waals surface area (Å²) >= 11 is 0. The smallest absolute Gasteiger partial charge is 0.267 e. The van der Waals surface area contributed by atoms with Gasteiger partial charge in [0.05, 0.1) is 0 Å². The molecule has 2 aromatic carbocycles. The zero-order valence-electron chi connectivity index (χ0n) is 14.6. The molecule has 136 valence electrons. The minimum absolute atomic E-state index is 0.0862. The molecule has 2 aromatic rings. The highest BCUT2D eigenvalue weighted by atomic mass is 16.6. The number of nitrogens with zero attached hydrogens (tertiary/aromatic N) is 1. The normalized spacial score (nSPS) is 17.5. The van der Waals surface area contributed by atoms with Crippen molar-refractivity contribution < 1.29 is 23.7 Å². The van der Waals surface area contributed by atoms with Crippen molar-refractivity contribution in [2.75, 3.05) is 26.4 Å². The molecule has 6 nitrogen and oxygen atoms in total. The van der Waals surface area contributed by atoms with Gasteiger partial charge in [0.15, 0.2) is 23.0 Å². The molecule has 4 rings (SSSR count). The zero-order valence-corrected chi connectivity index (χ0v) is 14.6. The second-order valence-corrected chi connectivity index (χ2v) is 6.19. The Bertz CT molecular complexity index is 807. The summed E-state index contributed by atoms with van der Waals surface area (Å²) in [6.45, 7) is 4.33. The van der Waals surface area contributed by atoms with Crippen molar-refractivity contribution in [2.45, 2.75) is 19.6 Å². The van der Waals surface area contributed by atoms with Crippen LogP contribution in [0.3, 0.4) is 0 Å². The fraction of sp³-hybridized carbons (Fsp3) is 0.350. The molecule has 0 spiro atoms. The van der Waals surface area contributed by atoms with E-state index in [0.717, 1.165) is 17.1 Å². The van der Waals surface area contributed by atoms with Gasteiger partial charge < -0.3 is 23.8 Å². The number of hydrogen-bond donors (Lipinski definition) is 0. The number of rotatable bonds is 4. The van der Waals surface area contributed by atoms with Crippen LogP contribution in [0.2, 0.25) is 0 Å². The van der Waals surface area contributed by atoms with Crippen molar-refractivity contribution in [1.82, 2.24) is 4.90 Å². The predicted molar refractivity (Wildman–Crippen MR) is 94.9 cm³/mol. The molecule has 2 aliphatic rings. The molecule has 0 saturated carbocycles. The van der Waals surface area contributed by atoms with E-state index in [1.807, 2.05) is 49.4 Å². The van der Waals surface area contributed by atoms with Crippen LogP contribution in [0.5, 0.6) is 23.0 Å². The van der Waals surface area contributed by atoms with Gasteiger partial charge in [-0.05, 0) is 36.8 Å². The number of para-hydroxylation sites is 2. The summed E-state index contributed by atoms with van der Waals surface area (Å²) in [5.41, 5.74) is 0.988. The molecule has 1 atom stereocenters. The topological polar surface area (TPSA) is 57.2 Å². The molecule has 2 heterocycles. The Kier molecular flexibility index (Phi) is 4.56. The molecule has 26 heavy (non-hydrogen) atoms. The van der Waals surface area contributed by atoms with E-state index in [9.17, 15) is 4.79 Å². The van der Waals surface area contributed by atoms with Gasteiger partial charge in [0.2, 0.25) is 6.10 Å². The van der Waals surface area contributed by atoms with Gasteiger partial charge in [-0.2, -0.15) is 0 Å². The molecule has 6 heteroatoms. The summed E-state index contributed by atoms with van der Waals surface area (Å²) in [5, 5.41) is 0. The van der Waals surface area contributed by atoms with E-state index in [1.54, 1.807) is 4.90 Å². The molecule has 1 amide bonds. The van der Waals surface area contributed by atoms with Crippen molar-refractivity contribution >= 4 is 5.91 Å². The van der Waals surface area contributed by atoms with Crippen LogP contribution in [-0.2, 0) is 11.3 Å². The Balaban J connectivity index is 1.46. The van der Waals surface area contributed by atoms with E-state index in [1.165, 1.54) is 0 Å². The molecule has 0 fully saturated rings. The summed E-state index contributed by atoms with van der Waals surface area (Å²) in [5.74, 6) is 2.66. The standard InChI is InChI=1S/C20H21NO5/c1-2-21(12-14-7-8-16-18(11-14)24-10-9-23-16)20(22)19-13-25-15-5-3-4-6-17(15)26-19/h3-8,11,19H,2,9-10,12-13H2,1H3/t19-/m1/s1. The van der Waals surface area contributed by atoms with Gasteiger partial charge in [-0.3, -0.25) is 4.79 Å². The molecule has 0 N–H and O–H groups in total. The van der Waals surface area contributed by atoms with Crippen molar-refractivity contribution in [2.24, 2.45) is 0 Å². The summed E-state index contributed by atoms with van der Waals surface area (Å²) in [7, 11) is 0. The maximum atomic E-state index is 12.9. The second-order valence-electron chi connectivity index (χ2n) is 6.19. The zero-order chi connectivity index (χ0) is 17.9. The average molecular weight is 355 g/mol. The van der Waals surface area contributed by atoms with Crippen LogP contribution in [0.1, 0.15) is 12.5 Å². The van der Waals surface area contributed by atoms with E-state index in [-0.39, 0.29) is 12.5 Å². The van der Waals surface area contributed by atoms with Gasteiger partial charge in [-0.15, -0.1) is 0 Å². The molecule has 0 aliphatic carbocycles. The Hall–Kier alpha value is -2.89. The first-order valence-electron chi connectivity index (χ1n) is 8.80. The number of ether oxygens (including phenoxy) is 4. The van der Waals surface area contributed by atoms with Gasteiger partial charge >= 0.3 is 0 Å². The van der Waals surface area contributed by atoms with Gasteiger partial charge in [0.25, 0.3) is 5.91 Å². The molecule has 0 bridgehead atoms. The number of carbonyl (C=O) groups is 1. The molecule has 0 saturated heterocycles. The molecule has 0 unspecified atom stereocenters. The Morgan fingerprint density at radius 3 is 2.54 bits per heavy atom. The third-order valence-electron chi connectivity index (χ3n) is 4.46. The molecule has 2 aliphatic heterocycles. The van der Waals surface area contributed by atoms with Crippen molar-refractivity contribution in [1.29, 1.82) is 0 Å². The fourth-order valence-electron chi connectivity index (χ4n) is 3.10. The van der Waals surface area contributed by atoms with Crippen molar-refractivity contribution in [3.05, 3.63) is 48.0 Å². The summed E-state index contributed by atoms with van der Waals surface area (Å²) in [6, 6.07) is 13.2. The third-order valence-corrected chi connectivity index (χ3v) is 4.46. The van der Waals surface area contributed by atoms with Crippen LogP contribution in [0.4, 0.5) is 0 Å². The van der Waals surface area contributed by atoms with Gasteiger partial charge in [-0.1, -0.05) is 18.2 Å². The molecular formula is C20H21NO5. The number of likely N-dealkylation sites (N-methyl/N-ethyl adjacent to an activating group) is 1. The highest BCUT2D eigenvalue weighted by molar-refractivity contribution is 5.82. The van der Waals surface area contributed by atoms with Crippen LogP contribution in [0, 0.1) is 0 Å². The average Bonchev–Trinajstić information content (AvgIpc) is 2.71. The summed E-state index contributed by atoms with van der Waals surface area (Å²) < 4.78 is 22.7. The fourth-order valence-corrected chi connectivity index (χ4v) is 3.10. The number of amides is 1. The first-order chi connectivity index (χ1) is 12.7. The minimum Gasteiger partial charge on any atom is -0.486 e. The molecular weight excluding hydrogens is 334 g/mol. The second kappa shape index (κ2) is 7.15. The maximum absolute atomic E-state index is 12.9. The Labute approximate surface area is 152 Å². The Morgan fingerprint density at radius 1 is 1.00 bits per heavy atom. The number of hydrogen-bond acceptors (Lipinski definition) is 5. The molecule has 0 radical (unpaired) electrons. The number of carbonyl (C=O) groups excluding carboxylic acids is 1. The van der Waals surface area contributed by atoms with Crippen LogP contribution >= 0.6 is 0 Å². The van der Waals surface area contributed by atoms with Crippen molar-refractivity contribution in [3.8, 4) is 23.0 Å². The highest BCUT2D eigenvalue weighted by Gasteiger charge is 2.30. The monoisotopic (exact) mass is 355 g/mol. The largest absolute Gasteiger partial charge is 0.486 e. The Morgan fingerprint density at radius 2 is 1.73 bits per heavy atom. The summed E-state index contributed by atoms with van der Waals surface area (Å²) in [4.78, 5) is 14.7. The lowest BCUT2D eigenvalue weighted by Gasteiger charge is -2.30. The van der Waals surface area contributed by atoms with E-state index in [0.29, 0.717) is 37.8 Å². The molecule has 0 aromatic heterocycles. The van der Waals surface area contributed by atoms with Crippen LogP contribution in [0.15, 0.2) is 42.5 Å². The van der Waals surface area contributed by atoms with E-state index >= 15 is 0 Å². The minimum atomic E-state index is -0.637. The van der Waals surface area contributed by atoms with Crippen molar-refractivity contribution in [3.63, 3.8) is 0 Å². The SMILES string of the molecule is CCN(Cc1ccc2c(c1)OCCO2)C(=O)[C@H]1COc2ccccc2O1. The summed E-state index contributed by atoms with van der Waals surface area (Å²) in [6.07, 6.45) is -0.637. The quantitative estimate of drug-likeness (QED) is 0.844. The van der Waals surface area contributed by atoms with Crippen LogP contribution in [-0.4, -0.2) is 43.3 Å². The van der Waals surface area contributed by atoms with E-state index in [4.69, 9.17) is 18.9 Å². The van der Waals surface area contributed by atoms with E-state index < -0.39 is 6.10 Å². The third kappa shape index (κ3) is 3.27. The lowest BCUT2D eigenvalue weighted by Crippen LogP contribution is -2.46. The van der Waals surface area contributed by atoms with E-state index in [2.05, 4.69) is 0 Å². The highest BCUT2D eigenvalue weighted by Crippen LogP contribution is 2.33. The maximum Gasteiger partial charge on any atom is 0.267 e. The van der Waals surface area contributed by atoms with Gasteiger partial charge in [0, 0.05) is 13.1 Å². The number of fused-ring (bicyclic) bond motifs is 2. The van der Waals surface area contributed by atoms with Gasteiger partial charge in [0.1, 0.15) is 19.8 Å². The predicted octanol–water partition coefficient (Wildman–Crippen LogP) is 2.65. The first-order valence-corrected chi connectivity index (χ1v) is 8.80. The van der Waals surface area contributed by atoms with Crippen LogP contribution < -0.4 is 18.9 Å².